The molecule has 6 heteroatoms. The van der Waals surface area contributed by atoms with Gasteiger partial charge in [-0.15, -0.1) is 0 Å². The molecule has 17 heavy (non-hydrogen) atoms. The minimum atomic E-state index is -1.82. The molecule has 1 rings (SSSR count). The lowest BCUT2D eigenvalue weighted by atomic mass is 9.99. The van der Waals surface area contributed by atoms with Crippen LogP contribution in [0.3, 0.4) is 0 Å². The zero-order valence-corrected chi connectivity index (χ0v) is 9.03. The molecule has 0 aliphatic rings. The highest BCUT2D eigenvalue weighted by atomic mass is 16.5. The Morgan fingerprint density at radius 2 is 1.82 bits per heavy atom. The van der Waals surface area contributed by atoms with E-state index in [-0.39, 0.29) is 11.1 Å². The van der Waals surface area contributed by atoms with Crippen molar-refractivity contribution >= 4 is 11.9 Å². The Labute approximate surface area is 97.1 Å². The highest BCUT2D eigenvalue weighted by Crippen LogP contribution is 2.21. The van der Waals surface area contributed by atoms with Crippen LogP contribution in [0, 0.1) is 0 Å². The van der Waals surface area contributed by atoms with Gasteiger partial charge in [-0.2, -0.15) is 0 Å². The zero-order valence-electron chi connectivity index (χ0n) is 9.03. The van der Waals surface area contributed by atoms with Gasteiger partial charge in [-0.05, 0) is 11.6 Å². The smallest absolute Gasteiger partial charge is 0.337 e. The predicted octanol–water partition coefficient (Wildman–Crippen LogP) is -0.0479. The molecule has 0 aliphatic heterocycles. The maximum absolute atomic E-state index is 11.0. The molecular weight excluding hydrogens is 228 g/mol. The number of rotatable bonds is 4. The molecule has 0 saturated carbocycles. The molecule has 0 amide bonds. The van der Waals surface area contributed by atoms with Gasteiger partial charge in [0.15, 0.2) is 6.10 Å². The third-order valence-corrected chi connectivity index (χ3v) is 2.25. The van der Waals surface area contributed by atoms with Crippen molar-refractivity contribution in [2.75, 3.05) is 7.11 Å². The Morgan fingerprint density at radius 3 is 2.35 bits per heavy atom. The Bertz CT molecular complexity index is 428. The van der Waals surface area contributed by atoms with Gasteiger partial charge < -0.3 is 20.1 Å². The first-order valence-corrected chi connectivity index (χ1v) is 4.75. The first kappa shape index (κ1) is 13.1. The number of carbonyl (C=O) groups is 2. The van der Waals surface area contributed by atoms with Crippen LogP contribution in [0.15, 0.2) is 24.3 Å². The molecule has 1 aromatic carbocycles. The minimum Gasteiger partial charge on any atom is -0.478 e. The average molecular weight is 240 g/mol. The molecule has 0 spiro atoms. The number of carboxylic acids is 1. The molecule has 0 fully saturated rings. The predicted molar refractivity (Wildman–Crippen MR) is 56.4 cm³/mol. The van der Waals surface area contributed by atoms with Crippen LogP contribution in [0.25, 0.3) is 0 Å². The monoisotopic (exact) mass is 240 g/mol. The molecule has 0 heterocycles. The first-order chi connectivity index (χ1) is 7.99. The summed E-state index contributed by atoms with van der Waals surface area (Å²) in [5, 5.41) is 28.0. The quantitative estimate of drug-likeness (QED) is 0.637. The summed E-state index contributed by atoms with van der Waals surface area (Å²) in [6.07, 6.45) is -3.46. The molecule has 0 bridgehead atoms. The Balaban J connectivity index is 3.07. The second-order valence-electron chi connectivity index (χ2n) is 3.31. The number of esters is 1. The average Bonchev–Trinajstić information content (AvgIpc) is 2.35. The van der Waals surface area contributed by atoms with Crippen molar-refractivity contribution in [2.24, 2.45) is 0 Å². The van der Waals surface area contributed by atoms with Crippen LogP contribution in [-0.2, 0) is 9.53 Å². The summed E-state index contributed by atoms with van der Waals surface area (Å²) in [6.45, 7) is 0. The van der Waals surface area contributed by atoms with Gasteiger partial charge in [-0.3, -0.25) is 0 Å². The van der Waals surface area contributed by atoms with Gasteiger partial charge in [0.05, 0.1) is 12.7 Å². The second-order valence-corrected chi connectivity index (χ2v) is 3.31. The molecule has 2 atom stereocenters. The van der Waals surface area contributed by atoms with E-state index in [2.05, 4.69) is 4.74 Å². The molecular formula is C11H12O6. The fraction of sp³-hybridized carbons (Fsp3) is 0.273. The van der Waals surface area contributed by atoms with E-state index < -0.39 is 24.1 Å². The van der Waals surface area contributed by atoms with Gasteiger partial charge in [-0.25, -0.2) is 9.59 Å². The lowest BCUT2D eigenvalue weighted by Gasteiger charge is -2.17. The number of aromatic carboxylic acids is 1. The van der Waals surface area contributed by atoms with Gasteiger partial charge in [-0.1, -0.05) is 18.2 Å². The highest BCUT2D eigenvalue weighted by molar-refractivity contribution is 5.90. The number of methoxy groups -OCH3 is 1. The molecule has 6 nitrogen and oxygen atoms in total. The van der Waals surface area contributed by atoms with Crippen LogP contribution in [0.1, 0.15) is 22.0 Å². The summed E-state index contributed by atoms with van der Waals surface area (Å²) in [4.78, 5) is 21.9. The van der Waals surface area contributed by atoms with Crippen molar-refractivity contribution in [3.8, 4) is 0 Å². The second kappa shape index (κ2) is 5.42. The van der Waals surface area contributed by atoms with Crippen molar-refractivity contribution < 1.29 is 29.6 Å². The molecule has 2 unspecified atom stereocenters. The van der Waals surface area contributed by atoms with E-state index in [1.165, 1.54) is 24.3 Å². The third kappa shape index (κ3) is 2.80. The summed E-state index contributed by atoms with van der Waals surface area (Å²) in [7, 11) is 1.06. The van der Waals surface area contributed by atoms with Gasteiger partial charge in [0.1, 0.15) is 6.10 Å². The summed E-state index contributed by atoms with van der Waals surface area (Å²) in [6, 6.07) is 5.56. The number of carbonyl (C=O) groups excluding carboxylic acids is 1. The summed E-state index contributed by atoms with van der Waals surface area (Å²) < 4.78 is 4.26. The molecule has 0 saturated heterocycles. The molecule has 0 aliphatic carbocycles. The van der Waals surface area contributed by atoms with E-state index in [9.17, 15) is 19.8 Å². The van der Waals surface area contributed by atoms with E-state index in [1.807, 2.05) is 0 Å². The maximum Gasteiger partial charge on any atom is 0.337 e. The normalized spacial score (nSPS) is 13.8. The van der Waals surface area contributed by atoms with E-state index in [4.69, 9.17) is 5.11 Å². The van der Waals surface area contributed by atoms with Gasteiger partial charge >= 0.3 is 11.9 Å². The number of carboxylic acid groups (broad SMARTS) is 1. The molecule has 0 radical (unpaired) electrons. The summed E-state index contributed by atoms with van der Waals surface area (Å²) >= 11 is 0. The molecule has 92 valence electrons. The Morgan fingerprint density at radius 1 is 1.24 bits per heavy atom. The largest absolute Gasteiger partial charge is 0.478 e. The molecule has 3 N–H and O–H groups in total. The van der Waals surface area contributed by atoms with Gasteiger partial charge in [0.25, 0.3) is 0 Å². The fourth-order valence-electron chi connectivity index (χ4n) is 1.37. The van der Waals surface area contributed by atoms with Crippen molar-refractivity contribution in [3.05, 3.63) is 35.4 Å². The van der Waals surface area contributed by atoms with Crippen LogP contribution in [-0.4, -0.2) is 40.5 Å². The van der Waals surface area contributed by atoms with E-state index in [0.29, 0.717) is 0 Å². The van der Waals surface area contributed by atoms with E-state index >= 15 is 0 Å². The van der Waals surface area contributed by atoms with Crippen molar-refractivity contribution in [3.63, 3.8) is 0 Å². The summed E-state index contributed by atoms with van der Waals surface area (Å²) in [5.74, 6) is -2.28. The van der Waals surface area contributed by atoms with Crippen LogP contribution < -0.4 is 0 Å². The highest BCUT2D eigenvalue weighted by Gasteiger charge is 2.29. The summed E-state index contributed by atoms with van der Waals surface area (Å²) in [5.41, 5.74) is -0.221. The van der Waals surface area contributed by atoms with Gasteiger partial charge in [0.2, 0.25) is 0 Å². The van der Waals surface area contributed by atoms with Crippen LogP contribution in [0.4, 0.5) is 0 Å². The van der Waals surface area contributed by atoms with E-state index in [1.54, 1.807) is 0 Å². The fourth-order valence-corrected chi connectivity index (χ4v) is 1.37. The van der Waals surface area contributed by atoms with Crippen LogP contribution >= 0.6 is 0 Å². The zero-order chi connectivity index (χ0) is 13.0. The number of benzene rings is 1. The minimum absolute atomic E-state index is 0.0436. The number of hydrogen-bond acceptors (Lipinski definition) is 5. The Hall–Kier alpha value is -1.92. The number of hydrogen-bond donors (Lipinski definition) is 3. The number of aliphatic hydroxyl groups is 2. The maximum atomic E-state index is 11.0. The van der Waals surface area contributed by atoms with Crippen molar-refractivity contribution in [1.29, 1.82) is 0 Å². The van der Waals surface area contributed by atoms with Crippen molar-refractivity contribution in [1.82, 2.24) is 0 Å². The third-order valence-electron chi connectivity index (χ3n) is 2.25. The lowest BCUT2D eigenvalue weighted by Crippen LogP contribution is -2.30. The Kier molecular flexibility index (Phi) is 4.19. The standard InChI is InChI=1S/C11H12O6/c1-17-11(16)9(13)8(12)6-4-2-3-5-7(6)10(14)15/h2-5,8-9,12-13H,1H3,(H,14,15). The van der Waals surface area contributed by atoms with Crippen LogP contribution in [0.5, 0.6) is 0 Å². The van der Waals surface area contributed by atoms with E-state index in [0.717, 1.165) is 7.11 Å². The first-order valence-electron chi connectivity index (χ1n) is 4.75. The molecule has 0 aromatic heterocycles. The SMILES string of the molecule is COC(=O)C(O)C(O)c1ccccc1C(=O)O. The van der Waals surface area contributed by atoms with Gasteiger partial charge in [0, 0.05) is 0 Å². The number of ether oxygens (including phenoxy) is 1. The van der Waals surface area contributed by atoms with Crippen LogP contribution in [0.2, 0.25) is 0 Å². The lowest BCUT2D eigenvalue weighted by molar-refractivity contribution is -0.156. The molecule has 1 aromatic rings. The van der Waals surface area contributed by atoms with Crippen molar-refractivity contribution in [2.45, 2.75) is 12.2 Å². The topological polar surface area (TPSA) is 104 Å². The number of aliphatic hydroxyl groups excluding tert-OH is 2.